The molecular weight excluding hydrogens is 513 g/mol. The summed E-state index contributed by atoms with van der Waals surface area (Å²) in [7, 11) is 0. The third-order valence-electron chi connectivity index (χ3n) is 8.05. The minimum Gasteiger partial charge on any atom is -0.492 e. The van der Waals surface area contributed by atoms with Gasteiger partial charge in [-0.05, 0) is 61.1 Å². The number of amides is 2. The van der Waals surface area contributed by atoms with E-state index in [0.29, 0.717) is 23.2 Å². The lowest BCUT2D eigenvalue weighted by atomic mass is 10.0. The summed E-state index contributed by atoms with van der Waals surface area (Å²) in [6.07, 6.45) is 5.64. The van der Waals surface area contributed by atoms with Gasteiger partial charge in [0.15, 0.2) is 0 Å². The number of likely N-dealkylation sites (tertiary alicyclic amines) is 1. The largest absolute Gasteiger partial charge is 0.492 e. The molecular formula is C27H31Cl2N5O3. The first-order valence-corrected chi connectivity index (χ1v) is 12.9. The molecule has 3 fully saturated rings. The summed E-state index contributed by atoms with van der Waals surface area (Å²) in [5, 5.41) is 8.42. The monoisotopic (exact) mass is 543 g/mol. The maximum Gasteiger partial charge on any atom is 0.233 e. The first-order chi connectivity index (χ1) is 17.3. The van der Waals surface area contributed by atoms with Crippen LogP contribution in [-0.4, -0.2) is 51.0 Å². The molecule has 2 amide bonds. The van der Waals surface area contributed by atoms with E-state index in [9.17, 15) is 9.59 Å². The van der Waals surface area contributed by atoms with Crippen LogP contribution in [0.15, 0.2) is 30.7 Å². The third-order valence-corrected chi connectivity index (χ3v) is 8.27. The summed E-state index contributed by atoms with van der Waals surface area (Å²) >= 11 is 6.47. The molecule has 1 aromatic carbocycles. The number of fused-ring (bicyclic) bond motifs is 2. The van der Waals surface area contributed by atoms with Gasteiger partial charge in [-0.3, -0.25) is 14.5 Å². The average molecular weight is 544 g/mol. The van der Waals surface area contributed by atoms with Crippen molar-refractivity contribution in [2.24, 2.45) is 23.2 Å². The topological polar surface area (TPSA) is 88.8 Å². The van der Waals surface area contributed by atoms with Crippen LogP contribution < -0.4 is 10.1 Å². The van der Waals surface area contributed by atoms with Gasteiger partial charge in [0.2, 0.25) is 11.8 Å². The second kappa shape index (κ2) is 9.57. The predicted molar refractivity (Wildman–Crippen MR) is 143 cm³/mol. The summed E-state index contributed by atoms with van der Waals surface area (Å²) in [5.41, 5.74) is 3.82. The van der Waals surface area contributed by atoms with Crippen LogP contribution in [0.5, 0.6) is 5.75 Å². The Balaban J connectivity index is 0.00000280. The lowest BCUT2D eigenvalue weighted by Crippen LogP contribution is -2.35. The number of imide groups is 1. The molecule has 2 saturated heterocycles. The molecule has 0 spiro atoms. The van der Waals surface area contributed by atoms with Crippen molar-refractivity contribution in [2.75, 3.05) is 19.7 Å². The van der Waals surface area contributed by atoms with Gasteiger partial charge in [-0.1, -0.05) is 25.4 Å². The predicted octanol–water partition coefficient (Wildman–Crippen LogP) is 4.30. The van der Waals surface area contributed by atoms with Crippen LogP contribution in [0.1, 0.15) is 37.8 Å². The van der Waals surface area contributed by atoms with Crippen molar-refractivity contribution >= 4 is 41.3 Å². The summed E-state index contributed by atoms with van der Waals surface area (Å²) in [5.74, 6) is 0.695. The Labute approximate surface area is 227 Å². The molecule has 4 heterocycles. The van der Waals surface area contributed by atoms with Crippen LogP contribution in [0.3, 0.4) is 0 Å². The SMILES string of the molecule is Cc1cc(Cl)cc(-c2ncnn3cc(CN4C(=O)C5C(C4=O)C5(C)C)cc23)c1OCC1CCCNC1.Cl. The molecule has 0 radical (unpaired) electrons. The molecule has 1 N–H and O–H groups in total. The van der Waals surface area contributed by atoms with Crippen LogP contribution in [0.25, 0.3) is 16.8 Å². The number of piperidine rings is 2. The first kappa shape index (κ1) is 25.9. The van der Waals surface area contributed by atoms with E-state index >= 15 is 0 Å². The van der Waals surface area contributed by atoms with Gasteiger partial charge >= 0.3 is 0 Å². The number of aryl methyl sites for hydroxylation is 1. The van der Waals surface area contributed by atoms with E-state index in [1.807, 2.05) is 45.2 Å². The molecule has 37 heavy (non-hydrogen) atoms. The molecule has 2 aliphatic heterocycles. The fourth-order valence-corrected chi connectivity index (χ4v) is 6.26. The highest BCUT2D eigenvalue weighted by Crippen LogP contribution is 2.63. The van der Waals surface area contributed by atoms with Crippen LogP contribution in [0.4, 0.5) is 0 Å². The van der Waals surface area contributed by atoms with Gasteiger partial charge in [0.25, 0.3) is 0 Å². The first-order valence-electron chi connectivity index (χ1n) is 12.6. The number of nitrogens with one attached hydrogen (secondary N) is 1. The fourth-order valence-electron chi connectivity index (χ4n) is 5.98. The summed E-state index contributed by atoms with van der Waals surface area (Å²) in [6, 6.07) is 5.72. The molecule has 3 atom stereocenters. The van der Waals surface area contributed by atoms with E-state index in [1.54, 1.807) is 4.52 Å². The summed E-state index contributed by atoms with van der Waals surface area (Å²) < 4.78 is 8.11. The number of rotatable bonds is 6. The second-order valence-corrected chi connectivity index (χ2v) is 11.4. The number of hydrogen-bond donors (Lipinski definition) is 1. The van der Waals surface area contributed by atoms with Gasteiger partial charge in [0.05, 0.1) is 30.5 Å². The third kappa shape index (κ3) is 4.39. The lowest BCUT2D eigenvalue weighted by Gasteiger charge is -2.24. The highest BCUT2D eigenvalue weighted by atomic mass is 35.5. The molecule has 8 nitrogen and oxygen atoms in total. The van der Waals surface area contributed by atoms with Crippen LogP contribution in [-0.2, 0) is 16.1 Å². The number of benzene rings is 1. The average Bonchev–Trinajstić information content (AvgIpc) is 3.10. The molecule has 3 aromatic rings. The van der Waals surface area contributed by atoms with Crippen molar-refractivity contribution in [3.05, 3.63) is 46.9 Å². The smallest absolute Gasteiger partial charge is 0.233 e. The zero-order valence-electron chi connectivity index (χ0n) is 21.2. The molecule has 3 aliphatic rings. The molecule has 2 aromatic heterocycles. The Kier molecular flexibility index (Phi) is 6.71. The Bertz CT molecular complexity index is 1360. The molecule has 6 rings (SSSR count). The highest BCUT2D eigenvalue weighted by Gasteiger charge is 2.72. The number of carbonyl (C=O) groups excluding carboxylic acids is 2. The van der Waals surface area contributed by atoms with E-state index in [2.05, 4.69) is 15.4 Å². The van der Waals surface area contributed by atoms with Gasteiger partial charge in [-0.25, -0.2) is 9.50 Å². The van der Waals surface area contributed by atoms with E-state index < -0.39 is 0 Å². The van der Waals surface area contributed by atoms with E-state index in [0.717, 1.165) is 53.9 Å². The maximum absolute atomic E-state index is 12.8. The van der Waals surface area contributed by atoms with Crippen molar-refractivity contribution < 1.29 is 14.3 Å². The number of carbonyl (C=O) groups is 2. The van der Waals surface area contributed by atoms with Crippen LogP contribution >= 0.6 is 24.0 Å². The molecule has 196 valence electrons. The Hall–Kier alpha value is -2.68. The van der Waals surface area contributed by atoms with Crippen LogP contribution in [0, 0.1) is 30.1 Å². The van der Waals surface area contributed by atoms with Gasteiger partial charge in [-0.2, -0.15) is 5.10 Å². The number of aromatic nitrogens is 3. The van der Waals surface area contributed by atoms with Gasteiger partial charge in [-0.15, -0.1) is 12.4 Å². The molecule has 1 saturated carbocycles. The summed E-state index contributed by atoms with van der Waals surface area (Å²) in [6.45, 7) is 8.83. The Morgan fingerprint density at radius 3 is 2.65 bits per heavy atom. The molecule has 10 heteroatoms. The number of hydrogen-bond acceptors (Lipinski definition) is 6. The zero-order chi connectivity index (χ0) is 25.2. The summed E-state index contributed by atoms with van der Waals surface area (Å²) in [4.78, 5) is 31.7. The van der Waals surface area contributed by atoms with E-state index in [-0.39, 0.29) is 48.0 Å². The Morgan fingerprint density at radius 2 is 1.95 bits per heavy atom. The quantitative estimate of drug-likeness (QED) is 0.466. The fraction of sp³-hybridized carbons (Fsp3) is 0.481. The molecule has 0 bridgehead atoms. The van der Waals surface area contributed by atoms with E-state index in [4.69, 9.17) is 16.3 Å². The number of halogens is 2. The second-order valence-electron chi connectivity index (χ2n) is 10.9. The van der Waals surface area contributed by atoms with Crippen molar-refractivity contribution in [2.45, 2.75) is 40.2 Å². The maximum atomic E-state index is 12.8. The standard InChI is InChI=1S/C27H30ClN5O3.ClH/c1-15-7-18(28)9-19(24(15)36-13-16-5-4-6-29-10-16)23-20-8-17(12-33(20)31-14-30-23)11-32-25(34)21-22(26(32)35)27(21,2)3;/h7-9,12,14,16,21-22,29H,4-6,10-11,13H2,1-3H3;1H. The lowest BCUT2D eigenvalue weighted by molar-refractivity contribution is -0.143. The molecule has 1 aliphatic carbocycles. The number of ether oxygens (including phenoxy) is 1. The minimum absolute atomic E-state index is 0. The normalized spacial score (nSPS) is 24.2. The highest BCUT2D eigenvalue weighted by molar-refractivity contribution is 6.31. The van der Waals surface area contributed by atoms with Crippen molar-refractivity contribution in [1.29, 1.82) is 0 Å². The van der Waals surface area contributed by atoms with Crippen LogP contribution in [0.2, 0.25) is 5.02 Å². The zero-order valence-corrected chi connectivity index (χ0v) is 22.7. The van der Waals surface area contributed by atoms with Gasteiger partial charge in [0, 0.05) is 29.2 Å². The molecule has 3 unspecified atom stereocenters. The van der Waals surface area contributed by atoms with Crippen molar-refractivity contribution in [3.63, 3.8) is 0 Å². The number of nitrogens with zero attached hydrogens (tertiary/aromatic N) is 4. The van der Waals surface area contributed by atoms with Crippen molar-refractivity contribution in [3.8, 4) is 17.0 Å². The Morgan fingerprint density at radius 1 is 1.19 bits per heavy atom. The van der Waals surface area contributed by atoms with E-state index in [1.165, 1.54) is 11.2 Å². The van der Waals surface area contributed by atoms with Gasteiger partial charge < -0.3 is 10.1 Å². The minimum atomic E-state index is -0.219. The van der Waals surface area contributed by atoms with Gasteiger partial charge in [0.1, 0.15) is 17.8 Å². The van der Waals surface area contributed by atoms with Crippen molar-refractivity contribution in [1.82, 2.24) is 24.8 Å².